The van der Waals surface area contributed by atoms with Crippen molar-refractivity contribution in [2.75, 3.05) is 97.5 Å². The van der Waals surface area contributed by atoms with Crippen molar-refractivity contribution in [3.05, 3.63) is 28.5 Å². The number of nitrogen functional groups attached to an aromatic ring is 1. The molecule has 2 rings (SSSR count). The standard InChI is InChI=1S/C12H24O6.C5H6N2.C2H6NO4S2/c1-2-14-5-6-16-9-10-18-12-11-17-8-7-15-4-3-13-1;6-5-3-1-2-4-7-5;1-8(4,5)3-9(2,6)7/h1-12H2;1-4H,(H2,6,7);1-2H3/q;;-1/p+1. The minimum atomic E-state index is -3.74. The van der Waals surface area contributed by atoms with Crippen molar-refractivity contribution in [2.45, 2.75) is 0 Å². The van der Waals surface area contributed by atoms with E-state index in [1.165, 1.54) is 0 Å². The van der Waals surface area contributed by atoms with E-state index in [9.17, 15) is 16.8 Å². The van der Waals surface area contributed by atoms with Crippen LogP contribution in [0.15, 0.2) is 24.4 Å². The molecule has 0 amide bonds. The Labute approximate surface area is 202 Å². The molecule has 0 unspecified atom stereocenters. The van der Waals surface area contributed by atoms with Gasteiger partial charge in [-0.25, -0.2) is 21.8 Å². The first kappa shape index (κ1) is 32.6. The Bertz CT molecular complexity index is 691. The molecule has 1 aromatic rings. The summed E-state index contributed by atoms with van der Waals surface area (Å²) in [5.41, 5.74) is 5.30. The van der Waals surface area contributed by atoms with Crippen molar-refractivity contribution < 1.29 is 50.2 Å². The molecular formula is C19H37N3O10S2. The summed E-state index contributed by atoms with van der Waals surface area (Å²) in [5, 5.41) is 0. The van der Waals surface area contributed by atoms with Crippen LogP contribution in [-0.2, 0) is 48.5 Å². The van der Waals surface area contributed by atoms with Gasteiger partial charge in [-0.2, -0.15) is 0 Å². The Hall–Kier alpha value is -1.43. The largest absolute Gasteiger partial charge is 0.437 e. The topological polar surface area (TPSA) is 178 Å². The van der Waals surface area contributed by atoms with Crippen LogP contribution >= 0.6 is 0 Å². The van der Waals surface area contributed by atoms with E-state index in [-0.39, 0.29) is 0 Å². The summed E-state index contributed by atoms with van der Waals surface area (Å²) in [6, 6.07) is 5.57. The average Bonchev–Trinajstić information content (AvgIpc) is 2.73. The van der Waals surface area contributed by atoms with Gasteiger partial charge < -0.3 is 32.5 Å². The van der Waals surface area contributed by atoms with Crippen molar-refractivity contribution >= 4 is 25.9 Å². The maximum absolute atomic E-state index is 10.1. The maximum atomic E-state index is 10.1. The van der Waals surface area contributed by atoms with Crippen molar-refractivity contribution in [2.24, 2.45) is 0 Å². The van der Waals surface area contributed by atoms with E-state index < -0.39 is 20.0 Å². The average molecular weight is 532 g/mol. The van der Waals surface area contributed by atoms with E-state index in [0.717, 1.165) is 0 Å². The highest BCUT2D eigenvalue weighted by molar-refractivity contribution is 8.11. The molecule has 1 fully saturated rings. The third-order valence-electron chi connectivity index (χ3n) is 3.24. The zero-order valence-corrected chi connectivity index (χ0v) is 21.4. The van der Waals surface area contributed by atoms with Crippen molar-refractivity contribution in [3.63, 3.8) is 0 Å². The fourth-order valence-electron chi connectivity index (χ4n) is 1.97. The number of aromatic amines is 1. The molecule has 0 aromatic carbocycles. The Morgan fingerprint density at radius 1 is 0.647 bits per heavy atom. The molecule has 0 atom stereocenters. The summed E-state index contributed by atoms with van der Waals surface area (Å²) in [5.74, 6) is 0.697. The number of nitrogens with zero attached hydrogens (tertiary/aromatic N) is 1. The fraction of sp³-hybridized carbons (Fsp3) is 0.737. The van der Waals surface area contributed by atoms with Gasteiger partial charge in [-0.3, -0.25) is 5.73 Å². The summed E-state index contributed by atoms with van der Waals surface area (Å²) in [4.78, 5) is 2.81. The first-order chi connectivity index (χ1) is 16.1. The molecule has 0 radical (unpaired) electrons. The molecule has 0 aliphatic carbocycles. The number of rotatable bonds is 2. The van der Waals surface area contributed by atoms with Crippen molar-refractivity contribution in [1.82, 2.24) is 0 Å². The monoisotopic (exact) mass is 531 g/mol. The van der Waals surface area contributed by atoms with Crippen LogP contribution in [0.3, 0.4) is 0 Å². The first-order valence-electron chi connectivity index (χ1n) is 10.4. The van der Waals surface area contributed by atoms with Gasteiger partial charge in [-0.1, -0.05) is 6.07 Å². The summed E-state index contributed by atoms with van der Waals surface area (Å²) < 4.78 is 74.9. The van der Waals surface area contributed by atoms with Gasteiger partial charge in [0.15, 0.2) is 0 Å². The molecule has 1 aliphatic rings. The van der Waals surface area contributed by atoms with E-state index in [4.69, 9.17) is 34.2 Å². The van der Waals surface area contributed by atoms with Crippen LogP contribution in [0.1, 0.15) is 0 Å². The highest BCUT2D eigenvalue weighted by Crippen LogP contribution is 2.03. The second kappa shape index (κ2) is 20.9. The lowest BCUT2D eigenvalue weighted by Crippen LogP contribution is -2.16. The molecule has 1 saturated heterocycles. The number of H-pyrrole nitrogens is 1. The van der Waals surface area contributed by atoms with E-state index in [2.05, 4.69) is 9.11 Å². The number of aromatic nitrogens is 1. The molecule has 0 saturated carbocycles. The van der Waals surface area contributed by atoms with Crippen molar-refractivity contribution in [1.29, 1.82) is 0 Å². The van der Waals surface area contributed by atoms with E-state index in [0.29, 0.717) is 97.6 Å². The highest BCUT2D eigenvalue weighted by Gasteiger charge is 1.96. The molecule has 15 heteroatoms. The van der Waals surface area contributed by atoms with Gasteiger partial charge in [0.2, 0.25) is 0 Å². The second-order valence-electron chi connectivity index (χ2n) is 6.53. The number of nitrogens with two attached hydrogens (primary N) is 1. The molecule has 3 N–H and O–H groups in total. The smallest absolute Gasteiger partial charge is 0.269 e. The number of hydrogen-bond acceptors (Lipinski definition) is 11. The van der Waals surface area contributed by atoms with Crippen LogP contribution in [0, 0.1) is 0 Å². The van der Waals surface area contributed by atoms with Gasteiger partial charge >= 0.3 is 0 Å². The Morgan fingerprint density at radius 2 is 0.941 bits per heavy atom. The molecule has 0 bridgehead atoms. The molecule has 34 heavy (non-hydrogen) atoms. The minimum Gasteiger partial charge on any atom is -0.437 e. The van der Waals surface area contributed by atoms with Gasteiger partial charge in [0.25, 0.3) is 5.82 Å². The molecule has 200 valence electrons. The predicted octanol–water partition coefficient (Wildman–Crippen LogP) is -0.538. The summed E-state index contributed by atoms with van der Waals surface area (Å²) in [7, 11) is -7.49. The van der Waals surface area contributed by atoms with Crippen LogP contribution in [0.5, 0.6) is 0 Å². The lowest BCUT2D eigenvalue weighted by Gasteiger charge is -2.11. The maximum Gasteiger partial charge on any atom is 0.269 e. The molecule has 13 nitrogen and oxygen atoms in total. The van der Waals surface area contributed by atoms with Gasteiger partial charge in [0.05, 0.1) is 106 Å². The SMILES string of the molecule is C1COCCOCCOCCOCCOCCO1.CS(=O)(=O)[N-]S(C)(=O)=O.Nc1cccc[nH+]1. The number of sulfonamides is 2. The summed E-state index contributed by atoms with van der Waals surface area (Å²) >= 11 is 0. The molecule has 1 aliphatic heterocycles. The number of hydrogen-bond donors (Lipinski definition) is 1. The number of nitrogens with one attached hydrogen (secondary N) is 1. The highest BCUT2D eigenvalue weighted by atomic mass is 32.3. The Kier molecular flexibility index (Phi) is 20.0. The van der Waals surface area contributed by atoms with E-state index in [1.807, 2.05) is 12.1 Å². The minimum absolute atomic E-state index is 0.586. The van der Waals surface area contributed by atoms with E-state index in [1.54, 1.807) is 12.3 Å². The van der Waals surface area contributed by atoms with Crippen LogP contribution in [0.25, 0.3) is 4.13 Å². The quantitative estimate of drug-likeness (QED) is 0.518. The summed E-state index contributed by atoms with van der Waals surface area (Å²) in [6.07, 6.45) is 3.22. The van der Waals surface area contributed by atoms with Gasteiger partial charge in [-0.15, -0.1) is 0 Å². The van der Waals surface area contributed by atoms with Crippen LogP contribution in [-0.4, -0.2) is 109 Å². The van der Waals surface area contributed by atoms with Gasteiger partial charge in [-0.05, 0) is 6.07 Å². The first-order valence-corrected chi connectivity index (χ1v) is 14.1. The van der Waals surface area contributed by atoms with Gasteiger partial charge in [0, 0.05) is 18.6 Å². The Morgan fingerprint density at radius 3 is 1.06 bits per heavy atom. The third kappa shape index (κ3) is 28.6. The second-order valence-corrected chi connectivity index (χ2v) is 10.1. The zero-order valence-electron chi connectivity index (χ0n) is 19.7. The normalized spacial score (nSPS) is 18.1. The summed E-state index contributed by atoms with van der Waals surface area (Å²) in [6.45, 7) is 7.04. The lowest BCUT2D eigenvalue weighted by molar-refractivity contribution is -0.360. The molecule has 1 aromatic heterocycles. The number of ether oxygens (including phenoxy) is 6. The van der Waals surface area contributed by atoms with Crippen molar-refractivity contribution in [3.8, 4) is 0 Å². The van der Waals surface area contributed by atoms with Crippen LogP contribution < -0.4 is 10.7 Å². The number of anilines is 1. The zero-order chi connectivity index (χ0) is 25.5. The molecular weight excluding hydrogens is 494 g/mol. The third-order valence-corrected chi connectivity index (χ3v) is 5.40. The molecule has 0 spiro atoms. The predicted molar refractivity (Wildman–Crippen MR) is 125 cm³/mol. The van der Waals surface area contributed by atoms with E-state index >= 15 is 0 Å². The van der Waals surface area contributed by atoms with Crippen LogP contribution in [0.4, 0.5) is 5.82 Å². The lowest BCUT2D eigenvalue weighted by atomic mass is 10.5. The molecule has 2 heterocycles. The number of pyridine rings is 1. The fourth-order valence-corrected chi connectivity index (χ4v) is 3.94. The Balaban J connectivity index is 0.000000562. The van der Waals surface area contributed by atoms with Crippen LogP contribution in [0.2, 0.25) is 0 Å². The van der Waals surface area contributed by atoms with Gasteiger partial charge in [0.1, 0.15) is 0 Å².